The number of aromatic nitrogens is 5. The summed E-state index contributed by atoms with van der Waals surface area (Å²) in [6.07, 6.45) is 4.20. The van der Waals surface area contributed by atoms with E-state index >= 15 is 0 Å². The van der Waals surface area contributed by atoms with Crippen LogP contribution >= 0.6 is 0 Å². The Bertz CT molecular complexity index is 1330. The fourth-order valence-electron chi connectivity index (χ4n) is 3.97. The minimum absolute atomic E-state index is 0.272. The molecule has 2 aromatic carbocycles. The van der Waals surface area contributed by atoms with E-state index in [0.29, 0.717) is 12.5 Å². The van der Waals surface area contributed by atoms with Crippen LogP contribution in [0.25, 0.3) is 16.8 Å². The smallest absolute Gasteiger partial charge is 0.368 e. The van der Waals surface area contributed by atoms with Gasteiger partial charge in [0.05, 0.1) is 5.69 Å². The van der Waals surface area contributed by atoms with Gasteiger partial charge in [-0.1, -0.05) is 24.3 Å². The van der Waals surface area contributed by atoms with Gasteiger partial charge in [-0.25, -0.2) is 4.79 Å². The Morgan fingerprint density at radius 1 is 1.03 bits per heavy atom. The third kappa shape index (κ3) is 3.82. The van der Waals surface area contributed by atoms with Crippen LogP contribution in [-0.4, -0.2) is 24.8 Å². The molecule has 0 saturated heterocycles. The van der Waals surface area contributed by atoms with E-state index < -0.39 is 0 Å². The van der Waals surface area contributed by atoms with E-state index in [1.54, 1.807) is 7.05 Å². The van der Waals surface area contributed by atoms with Gasteiger partial charge in [0, 0.05) is 30.1 Å². The van der Waals surface area contributed by atoms with Gasteiger partial charge in [-0.3, -0.25) is 4.98 Å². The van der Waals surface area contributed by atoms with Gasteiger partial charge in [0.1, 0.15) is 12.4 Å². The lowest BCUT2D eigenvalue weighted by atomic mass is 10.0. The number of benzene rings is 2. The molecular weight excluding hydrogens is 402 g/mol. The maximum Gasteiger partial charge on any atom is 0.368 e. The highest BCUT2D eigenvalue weighted by Crippen LogP contribution is 2.43. The Labute approximate surface area is 186 Å². The van der Waals surface area contributed by atoms with Gasteiger partial charge in [-0.15, -0.1) is 0 Å². The predicted molar refractivity (Wildman–Crippen MR) is 122 cm³/mol. The number of hydrogen-bond acceptors (Lipinski definition) is 5. The Morgan fingerprint density at radius 3 is 2.50 bits per heavy atom. The van der Waals surface area contributed by atoms with Crippen molar-refractivity contribution in [2.45, 2.75) is 39.2 Å². The van der Waals surface area contributed by atoms with E-state index in [1.807, 2.05) is 44.3 Å². The molecule has 1 fully saturated rings. The first-order valence-corrected chi connectivity index (χ1v) is 10.8. The molecule has 0 spiro atoms. The zero-order valence-electron chi connectivity index (χ0n) is 18.4. The van der Waals surface area contributed by atoms with E-state index in [9.17, 15) is 4.79 Å². The van der Waals surface area contributed by atoms with Gasteiger partial charge >= 0.3 is 5.69 Å². The molecule has 4 aromatic rings. The van der Waals surface area contributed by atoms with Crippen LogP contribution in [0.3, 0.4) is 0 Å². The van der Waals surface area contributed by atoms with Crippen LogP contribution in [0, 0.1) is 13.8 Å². The topological polar surface area (TPSA) is 74.8 Å². The summed E-state index contributed by atoms with van der Waals surface area (Å²) in [5.74, 6) is 1.33. The van der Waals surface area contributed by atoms with Gasteiger partial charge in [-0.2, -0.15) is 9.36 Å². The molecule has 0 bridgehead atoms. The van der Waals surface area contributed by atoms with E-state index in [4.69, 9.17) is 4.74 Å². The fourth-order valence-corrected chi connectivity index (χ4v) is 3.97. The minimum Gasteiger partial charge on any atom is -0.489 e. The third-order valence-electron chi connectivity index (χ3n) is 5.95. The molecule has 5 rings (SSSR count). The van der Waals surface area contributed by atoms with Crippen LogP contribution < -0.4 is 10.4 Å². The van der Waals surface area contributed by atoms with Crippen LogP contribution in [0.4, 0.5) is 0 Å². The first kappa shape index (κ1) is 20.2. The Balaban J connectivity index is 1.45. The van der Waals surface area contributed by atoms with Crippen LogP contribution in [0.1, 0.15) is 41.1 Å². The van der Waals surface area contributed by atoms with E-state index in [1.165, 1.54) is 14.9 Å². The van der Waals surface area contributed by atoms with Crippen molar-refractivity contribution in [1.29, 1.82) is 0 Å². The lowest BCUT2D eigenvalue weighted by molar-refractivity contribution is 0.302. The summed E-state index contributed by atoms with van der Waals surface area (Å²) in [4.78, 5) is 16.9. The van der Waals surface area contributed by atoms with Gasteiger partial charge in [0.25, 0.3) is 0 Å². The van der Waals surface area contributed by atoms with Gasteiger partial charge in [0.2, 0.25) is 0 Å². The third-order valence-corrected chi connectivity index (χ3v) is 5.95. The molecule has 7 nitrogen and oxygen atoms in total. The summed E-state index contributed by atoms with van der Waals surface area (Å²) in [7, 11) is 1.60. The molecule has 1 aliphatic carbocycles. The van der Waals surface area contributed by atoms with E-state index in [2.05, 4.69) is 39.7 Å². The van der Waals surface area contributed by atoms with Crippen LogP contribution in [0.2, 0.25) is 0 Å². The standard InChI is InChI=1S/C25H25N5O2/c1-16-13-19(20-8-7-17(2)26-14-20)11-12-24(16)32-15-22-21(18-9-10-18)5-4-6-23(22)30-25(31)29(3)27-28-30/h4-8,11-14,18H,9-10,15H2,1-3H3. The average molecular weight is 428 g/mol. The summed E-state index contributed by atoms with van der Waals surface area (Å²) in [5, 5.41) is 7.92. The molecule has 7 heteroatoms. The van der Waals surface area contributed by atoms with E-state index in [-0.39, 0.29) is 5.69 Å². The van der Waals surface area contributed by atoms with E-state index in [0.717, 1.165) is 52.2 Å². The van der Waals surface area contributed by atoms with Gasteiger partial charge in [-0.05, 0) is 84.0 Å². The number of pyridine rings is 1. The van der Waals surface area contributed by atoms with Crippen molar-refractivity contribution in [3.8, 4) is 22.6 Å². The quantitative estimate of drug-likeness (QED) is 0.463. The number of hydrogen-bond donors (Lipinski definition) is 0. The molecule has 0 atom stereocenters. The van der Waals surface area contributed by atoms with Crippen molar-refractivity contribution in [3.63, 3.8) is 0 Å². The Hall–Kier alpha value is -3.74. The summed E-state index contributed by atoms with van der Waals surface area (Å²) in [6.45, 7) is 4.38. The molecule has 2 heterocycles. The molecule has 2 aromatic heterocycles. The number of ether oxygens (including phenoxy) is 1. The SMILES string of the molecule is Cc1ccc(-c2ccc(OCc3c(C4CC4)cccc3-n3nnn(C)c3=O)c(C)c2)cn1. The molecule has 0 radical (unpaired) electrons. The van der Waals surface area contributed by atoms with Gasteiger partial charge in [0.15, 0.2) is 0 Å². The second kappa shape index (κ2) is 8.07. The monoisotopic (exact) mass is 427 g/mol. The lowest BCUT2D eigenvalue weighted by Gasteiger charge is -2.16. The molecule has 0 aliphatic heterocycles. The number of nitrogens with zero attached hydrogens (tertiary/aromatic N) is 5. The predicted octanol–water partition coefficient (Wildman–Crippen LogP) is 4.10. The van der Waals surface area contributed by atoms with Crippen LogP contribution in [0.15, 0.2) is 59.5 Å². The number of tetrazole rings is 1. The number of aryl methyl sites for hydroxylation is 3. The van der Waals surface area contributed by atoms with Gasteiger partial charge < -0.3 is 4.74 Å². The number of rotatable bonds is 6. The summed E-state index contributed by atoms with van der Waals surface area (Å²) in [6, 6.07) is 16.3. The Kier molecular flexibility index (Phi) is 5.09. The first-order valence-electron chi connectivity index (χ1n) is 10.8. The zero-order valence-corrected chi connectivity index (χ0v) is 18.4. The first-order chi connectivity index (χ1) is 15.5. The molecule has 0 N–H and O–H groups in total. The fraction of sp³-hybridized carbons (Fsp3) is 0.280. The normalized spacial score (nSPS) is 13.3. The van der Waals surface area contributed by atoms with Crippen molar-refractivity contribution in [3.05, 3.63) is 87.6 Å². The zero-order chi connectivity index (χ0) is 22.2. The summed E-state index contributed by atoms with van der Waals surface area (Å²) in [5.41, 5.74) is 6.90. The second-order valence-corrected chi connectivity index (χ2v) is 8.37. The summed E-state index contributed by atoms with van der Waals surface area (Å²) >= 11 is 0. The maximum absolute atomic E-state index is 12.5. The maximum atomic E-state index is 12.5. The minimum atomic E-state index is -0.272. The summed E-state index contributed by atoms with van der Waals surface area (Å²) < 4.78 is 8.86. The highest BCUT2D eigenvalue weighted by molar-refractivity contribution is 5.65. The largest absolute Gasteiger partial charge is 0.489 e. The molecule has 1 aliphatic rings. The van der Waals surface area contributed by atoms with Crippen molar-refractivity contribution in [2.75, 3.05) is 0 Å². The molecule has 162 valence electrons. The van der Waals surface area contributed by atoms with Crippen molar-refractivity contribution >= 4 is 0 Å². The Morgan fingerprint density at radius 2 is 1.84 bits per heavy atom. The molecular formula is C25H25N5O2. The average Bonchev–Trinajstić information content (AvgIpc) is 3.59. The van der Waals surface area contributed by atoms with Crippen molar-refractivity contribution in [2.24, 2.45) is 7.05 Å². The second-order valence-electron chi connectivity index (χ2n) is 8.37. The van der Waals surface area contributed by atoms with Crippen LogP contribution in [0.5, 0.6) is 5.75 Å². The van der Waals surface area contributed by atoms with Crippen molar-refractivity contribution in [1.82, 2.24) is 24.8 Å². The highest BCUT2D eigenvalue weighted by Gasteiger charge is 2.28. The van der Waals surface area contributed by atoms with Crippen LogP contribution in [-0.2, 0) is 13.7 Å². The molecule has 0 unspecified atom stereocenters. The highest BCUT2D eigenvalue weighted by atomic mass is 16.5. The molecule has 1 saturated carbocycles. The molecule has 32 heavy (non-hydrogen) atoms. The van der Waals surface area contributed by atoms with Crippen molar-refractivity contribution < 1.29 is 4.74 Å². The lowest BCUT2D eigenvalue weighted by Crippen LogP contribution is -2.23. The molecule has 0 amide bonds.